The molecular formula is C23H22F3N5O2. The normalized spacial score (nSPS) is 12.6. The van der Waals surface area contributed by atoms with Gasteiger partial charge in [-0.05, 0) is 41.8 Å². The predicted octanol–water partition coefficient (Wildman–Crippen LogP) is 3.99. The van der Waals surface area contributed by atoms with Crippen molar-refractivity contribution in [3.05, 3.63) is 66.6 Å². The fraction of sp³-hybridized carbons (Fsp3) is 0.217. The second-order valence-electron chi connectivity index (χ2n) is 7.54. The highest BCUT2D eigenvalue weighted by atomic mass is 19.4. The topological polar surface area (TPSA) is 95.0 Å². The Bertz CT molecular complexity index is 1260. The third-order valence-corrected chi connectivity index (χ3v) is 5.21. The van der Waals surface area contributed by atoms with E-state index in [0.29, 0.717) is 11.1 Å². The number of aryl methyl sites for hydroxylation is 1. The van der Waals surface area contributed by atoms with Crippen LogP contribution in [-0.2, 0) is 11.2 Å². The number of benzene rings is 2. The molecule has 0 aliphatic rings. The van der Waals surface area contributed by atoms with Crippen molar-refractivity contribution < 1.29 is 23.1 Å². The van der Waals surface area contributed by atoms with E-state index < -0.39 is 24.9 Å². The molecule has 0 aliphatic heterocycles. The van der Waals surface area contributed by atoms with Crippen molar-refractivity contribution in [1.82, 2.24) is 20.1 Å². The maximum absolute atomic E-state index is 12.3. The van der Waals surface area contributed by atoms with Crippen molar-refractivity contribution in [2.75, 3.05) is 11.9 Å². The van der Waals surface area contributed by atoms with Crippen LogP contribution in [0.5, 0.6) is 0 Å². The molecule has 0 spiro atoms. The van der Waals surface area contributed by atoms with Gasteiger partial charge >= 0.3 is 6.18 Å². The number of aromatic nitrogens is 3. The number of aromatic amines is 1. The molecule has 1 unspecified atom stereocenters. The van der Waals surface area contributed by atoms with Crippen LogP contribution in [0.15, 0.2) is 61.1 Å². The predicted molar refractivity (Wildman–Crippen MR) is 119 cm³/mol. The van der Waals surface area contributed by atoms with Gasteiger partial charge in [-0.25, -0.2) is 4.68 Å². The number of hydrogen-bond donors (Lipinski definition) is 4. The molecule has 7 nitrogen and oxygen atoms in total. The quantitative estimate of drug-likeness (QED) is 0.316. The van der Waals surface area contributed by atoms with Gasteiger partial charge in [0.15, 0.2) is 0 Å². The molecule has 4 N–H and O–H groups in total. The van der Waals surface area contributed by atoms with Crippen LogP contribution >= 0.6 is 0 Å². The van der Waals surface area contributed by atoms with E-state index >= 15 is 0 Å². The van der Waals surface area contributed by atoms with Crippen LogP contribution in [0.25, 0.3) is 27.7 Å². The summed E-state index contributed by atoms with van der Waals surface area (Å²) in [5.41, 5.74) is 4.97. The van der Waals surface area contributed by atoms with Gasteiger partial charge in [0.05, 0.1) is 17.6 Å². The number of aliphatic hydroxyl groups is 1. The van der Waals surface area contributed by atoms with Gasteiger partial charge < -0.3 is 20.7 Å². The number of hydrogen-bond acceptors (Lipinski definition) is 4. The van der Waals surface area contributed by atoms with Crippen LogP contribution < -0.4 is 10.6 Å². The summed E-state index contributed by atoms with van der Waals surface area (Å²) >= 11 is 0. The Morgan fingerprint density at radius 2 is 1.94 bits per heavy atom. The average Bonchev–Trinajstić information content (AvgIpc) is 3.44. The van der Waals surface area contributed by atoms with Gasteiger partial charge in [0.25, 0.3) is 5.91 Å². The maximum Gasteiger partial charge on any atom is 0.405 e. The summed E-state index contributed by atoms with van der Waals surface area (Å²) in [5.74, 6) is -1.17. The van der Waals surface area contributed by atoms with E-state index in [4.69, 9.17) is 0 Å². The highest BCUT2D eigenvalue weighted by Crippen LogP contribution is 2.29. The molecular weight excluding hydrogens is 435 g/mol. The first kappa shape index (κ1) is 22.4. The SMILES string of the molecule is CCc1ccc(-n2cc(-c3ccc4[nH]cc(NC(O)C(=O)NCC(F)(F)F)c4c3)cn2)cc1. The Hall–Kier alpha value is -3.79. The number of carbonyl (C=O) groups excluding carboxylic acids is 1. The number of carbonyl (C=O) groups is 1. The smallest absolute Gasteiger partial charge is 0.366 e. The minimum absolute atomic E-state index is 0.379. The summed E-state index contributed by atoms with van der Waals surface area (Å²) in [7, 11) is 0. The fourth-order valence-corrected chi connectivity index (χ4v) is 3.41. The lowest BCUT2D eigenvalue weighted by Crippen LogP contribution is -2.43. The molecule has 4 rings (SSSR count). The van der Waals surface area contributed by atoms with E-state index in [9.17, 15) is 23.1 Å². The molecule has 2 heterocycles. The minimum Gasteiger partial charge on any atom is -0.366 e. The van der Waals surface area contributed by atoms with Crippen molar-refractivity contribution in [3.8, 4) is 16.8 Å². The van der Waals surface area contributed by atoms with Crippen LogP contribution in [0.4, 0.5) is 18.9 Å². The second kappa shape index (κ2) is 8.99. The highest BCUT2D eigenvalue weighted by molar-refractivity contribution is 5.97. The number of H-pyrrole nitrogens is 1. The maximum atomic E-state index is 12.3. The van der Waals surface area contributed by atoms with Crippen molar-refractivity contribution in [1.29, 1.82) is 0 Å². The van der Waals surface area contributed by atoms with E-state index in [-0.39, 0.29) is 0 Å². The van der Waals surface area contributed by atoms with Gasteiger partial charge in [-0.1, -0.05) is 25.1 Å². The van der Waals surface area contributed by atoms with Crippen LogP contribution in [0, 0.1) is 0 Å². The molecule has 2 aromatic carbocycles. The molecule has 0 saturated heterocycles. The summed E-state index contributed by atoms with van der Waals surface area (Å²) in [6, 6.07) is 13.7. The Morgan fingerprint density at radius 1 is 1.18 bits per heavy atom. The van der Waals surface area contributed by atoms with Gasteiger partial charge in [-0.2, -0.15) is 18.3 Å². The van der Waals surface area contributed by atoms with E-state index in [0.717, 1.165) is 28.8 Å². The molecule has 33 heavy (non-hydrogen) atoms. The third-order valence-electron chi connectivity index (χ3n) is 5.21. The zero-order chi connectivity index (χ0) is 23.6. The molecule has 4 aromatic rings. The van der Waals surface area contributed by atoms with Crippen LogP contribution in [-0.4, -0.2) is 44.7 Å². The van der Waals surface area contributed by atoms with Crippen molar-refractivity contribution >= 4 is 22.5 Å². The molecule has 2 aromatic heterocycles. The number of rotatable bonds is 7. The number of nitrogens with one attached hydrogen (secondary N) is 3. The molecule has 0 bridgehead atoms. The summed E-state index contributed by atoms with van der Waals surface area (Å²) in [4.78, 5) is 14.8. The van der Waals surface area contributed by atoms with Crippen molar-refractivity contribution in [2.24, 2.45) is 0 Å². The Balaban J connectivity index is 1.53. The van der Waals surface area contributed by atoms with Crippen LogP contribution in [0.1, 0.15) is 12.5 Å². The number of aliphatic hydroxyl groups excluding tert-OH is 1. The van der Waals surface area contributed by atoms with E-state index in [2.05, 4.69) is 34.5 Å². The number of fused-ring (bicyclic) bond motifs is 1. The Labute approximate surface area is 187 Å². The summed E-state index contributed by atoms with van der Waals surface area (Å²) in [6.45, 7) is 0.572. The minimum atomic E-state index is -4.56. The third kappa shape index (κ3) is 5.17. The fourth-order valence-electron chi connectivity index (χ4n) is 3.41. The first-order chi connectivity index (χ1) is 15.7. The molecule has 1 amide bonds. The summed E-state index contributed by atoms with van der Waals surface area (Å²) in [6.07, 6.45) is -0.295. The van der Waals surface area contributed by atoms with Gasteiger partial charge in [0, 0.05) is 28.9 Å². The lowest BCUT2D eigenvalue weighted by molar-refractivity contribution is -0.142. The lowest BCUT2D eigenvalue weighted by Gasteiger charge is -2.14. The summed E-state index contributed by atoms with van der Waals surface area (Å²) in [5, 5.41) is 19.3. The van der Waals surface area contributed by atoms with Crippen molar-refractivity contribution in [3.63, 3.8) is 0 Å². The van der Waals surface area contributed by atoms with Gasteiger partial charge in [0.1, 0.15) is 6.54 Å². The number of anilines is 1. The highest BCUT2D eigenvalue weighted by Gasteiger charge is 2.29. The number of alkyl halides is 3. The molecule has 0 aliphatic carbocycles. The summed E-state index contributed by atoms with van der Waals surface area (Å²) < 4.78 is 38.6. The molecule has 0 fully saturated rings. The monoisotopic (exact) mass is 457 g/mol. The standard InChI is InChI=1S/C23H22F3N5O2/c1-2-14-3-6-17(7-4-14)31-12-16(10-29-31)15-5-8-19-18(9-15)20(11-27-19)30-22(33)21(32)28-13-23(24,25)26/h3-12,22,27,30,33H,2,13H2,1H3,(H,28,32). The lowest BCUT2D eigenvalue weighted by atomic mass is 10.1. The van der Waals surface area contributed by atoms with E-state index in [1.54, 1.807) is 16.2 Å². The van der Waals surface area contributed by atoms with Gasteiger partial charge in [0.2, 0.25) is 6.23 Å². The number of halogens is 3. The largest absolute Gasteiger partial charge is 0.405 e. The first-order valence-electron chi connectivity index (χ1n) is 10.3. The number of nitrogens with zero attached hydrogens (tertiary/aromatic N) is 2. The Morgan fingerprint density at radius 3 is 2.64 bits per heavy atom. The second-order valence-corrected chi connectivity index (χ2v) is 7.54. The molecule has 10 heteroatoms. The zero-order valence-corrected chi connectivity index (χ0v) is 17.6. The molecule has 0 saturated carbocycles. The zero-order valence-electron chi connectivity index (χ0n) is 17.6. The first-order valence-corrected chi connectivity index (χ1v) is 10.3. The molecule has 172 valence electrons. The van der Waals surface area contributed by atoms with E-state index in [1.165, 1.54) is 11.8 Å². The van der Waals surface area contributed by atoms with Gasteiger partial charge in [-0.3, -0.25) is 4.79 Å². The molecule has 0 radical (unpaired) electrons. The average molecular weight is 457 g/mol. The van der Waals surface area contributed by atoms with Crippen LogP contribution in [0.2, 0.25) is 0 Å². The Kier molecular flexibility index (Phi) is 6.10. The van der Waals surface area contributed by atoms with Gasteiger partial charge in [-0.15, -0.1) is 0 Å². The number of amides is 1. The van der Waals surface area contributed by atoms with Crippen molar-refractivity contribution in [2.45, 2.75) is 25.7 Å². The van der Waals surface area contributed by atoms with Crippen LogP contribution in [0.3, 0.4) is 0 Å². The molecule has 1 atom stereocenters. The van der Waals surface area contributed by atoms with E-state index in [1.807, 2.05) is 36.5 Å².